The van der Waals surface area contributed by atoms with Crippen molar-refractivity contribution in [2.75, 3.05) is 6.54 Å². The number of aryl methyl sites for hydroxylation is 1. The molecule has 6 N–H and O–H groups in total. The number of nitrogens with one attached hydrogen (secondary N) is 1. The molecule has 1 amide bonds. The van der Waals surface area contributed by atoms with Gasteiger partial charge in [-0.2, -0.15) is 0 Å². The number of aliphatic carboxylic acids is 1. The van der Waals surface area contributed by atoms with Crippen molar-refractivity contribution in [1.29, 1.82) is 0 Å². The number of aromatic nitrogens is 1. The lowest BCUT2D eigenvalue weighted by molar-refractivity contribution is -0.142. The van der Waals surface area contributed by atoms with Gasteiger partial charge in [-0.25, -0.2) is 0 Å². The first kappa shape index (κ1) is 21.4. The molecule has 0 aliphatic heterocycles. The van der Waals surface area contributed by atoms with Gasteiger partial charge in [0.25, 0.3) is 0 Å². The minimum atomic E-state index is -0.984. The van der Waals surface area contributed by atoms with Crippen LogP contribution in [0.2, 0.25) is 0 Å². The molecule has 148 valence electrons. The van der Waals surface area contributed by atoms with Gasteiger partial charge in [-0.05, 0) is 37.4 Å². The number of alkyl halides is 1. The molecule has 0 fully saturated rings. The van der Waals surface area contributed by atoms with E-state index in [0.717, 1.165) is 29.3 Å². The number of carbonyl (C=O) groups is 2. The van der Waals surface area contributed by atoms with Crippen LogP contribution in [0.5, 0.6) is 0 Å². The molecule has 0 aliphatic carbocycles. The third-order valence-corrected chi connectivity index (χ3v) is 5.54. The number of carbonyl (C=O) groups excluding carboxylic acids is 1. The SMILES string of the molecule is Cn1cc(C[C@H](C(=O)O)[C@@H](Br)NC(=O)[C@@H](N)CCCCN)c2ccccc21. The second-order valence-electron chi connectivity index (χ2n) is 6.73. The molecule has 8 heteroatoms. The molecular formula is C19H27BrN4O3. The Balaban J connectivity index is 2.07. The summed E-state index contributed by atoms with van der Waals surface area (Å²) in [6.45, 7) is 0.557. The summed E-state index contributed by atoms with van der Waals surface area (Å²) in [6.07, 6.45) is 4.30. The molecule has 2 rings (SSSR count). The Bertz CT molecular complexity index is 792. The normalized spacial score (nSPS) is 14.7. The quantitative estimate of drug-likeness (QED) is 0.255. The van der Waals surface area contributed by atoms with Gasteiger partial charge in [0, 0.05) is 24.1 Å². The number of nitrogens with two attached hydrogens (primary N) is 2. The van der Waals surface area contributed by atoms with Crippen LogP contribution < -0.4 is 16.8 Å². The Labute approximate surface area is 167 Å². The maximum Gasteiger partial charge on any atom is 0.309 e. The number of fused-ring (bicyclic) bond motifs is 1. The van der Waals surface area contributed by atoms with Gasteiger partial charge in [0.1, 0.15) is 0 Å². The van der Waals surface area contributed by atoms with Gasteiger partial charge in [-0.3, -0.25) is 9.59 Å². The van der Waals surface area contributed by atoms with Gasteiger partial charge in [-0.1, -0.05) is 40.5 Å². The molecule has 1 heterocycles. The zero-order valence-electron chi connectivity index (χ0n) is 15.4. The molecule has 3 atom stereocenters. The first-order valence-corrected chi connectivity index (χ1v) is 9.92. The highest BCUT2D eigenvalue weighted by molar-refractivity contribution is 9.09. The summed E-state index contributed by atoms with van der Waals surface area (Å²) in [5.74, 6) is -2.17. The highest BCUT2D eigenvalue weighted by Crippen LogP contribution is 2.25. The zero-order chi connectivity index (χ0) is 20.0. The summed E-state index contributed by atoms with van der Waals surface area (Å²) in [6, 6.07) is 7.15. The average Bonchev–Trinajstić information content (AvgIpc) is 2.95. The van der Waals surface area contributed by atoms with Gasteiger partial charge in [0.05, 0.1) is 16.9 Å². The fourth-order valence-corrected chi connectivity index (χ4v) is 3.76. The number of benzene rings is 1. The van der Waals surface area contributed by atoms with Crippen LogP contribution in [0.15, 0.2) is 30.5 Å². The summed E-state index contributed by atoms with van der Waals surface area (Å²) < 4.78 is 1.97. The number of nitrogens with zero attached hydrogens (tertiary/aromatic N) is 1. The molecule has 0 aliphatic rings. The van der Waals surface area contributed by atoms with E-state index in [1.165, 1.54) is 0 Å². The fourth-order valence-electron chi connectivity index (χ4n) is 3.12. The Kier molecular flexibility index (Phi) is 7.82. The molecule has 0 radical (unpaired) electrons. The molecule has 1 aromatic carbocycles. The van der Waals surface area contributed by atoms with E-state index in [0.29, 0.717) is 13.0 Å². The molecule has 7 nitrogen and oxygen atoms in total. The van der Waals surface area contributed by atoms with Crippen molar-refractivity contribution in [1.82, 2.24) is 9.88 Å². The number of carboxylic acids is 1. The van der Waals surface area contributed by atoms with Gasteiger partial charge in [0.15, 0.2) is 0 Å². The average molecular weight is 439 g/mol. The number of carboxylic acid groups (broad SMARTS) is 1. The van der Waals surface area contributed by atoms with Crippen molar-refractivity contribution in [2.24, 2.45) is 24.4 Å². The molecule has 0 spiro atoms. The number of para-hydroxylation sites is 1. The summed E-state index contributed by atoms with van der Waals surface area (Å²) in [4.78, 5) is 23.3. The van der Waals surface area contributed by atoms with Crippen LogP contribution in [-0.4, -0.2) is 39.1 Å². The van der Waals surface area contributed by atoms with E-state index < -0.39 is 22.9 Å². The van der Waals surface area contributed by atoms with Gasteiger partial charge >= 0.3 is 5.97 Å². The van der Waals surface area contributed by atoms with E-state index in [4.69, 9.17) is 11.5 Å². The second kappa shape index (κ2) is 9.87. The second-order valence-corrected chi connectivity index (χ2v) is 7.72. The summed E-state index contributed by atoms with van der Waals surface area (Å²) in [5.41, 5.74) is 13.3. The molecule has 2 aromatic rings. The zero-order valence-corrected chi connectivity index (χ0v) is 17.0. The van der Waals surface area contributed by atoms with Crippen molar-refractivity contribution in [3.63, 3.8) is 0 Å². The van der Waals surface area contributed by atoms with Crippen LogP contribution in [0.1, 0.15) is 24.8 Å². The van der Waals surface area contributed by atoms with Crippen LogP contribution >= 0.6 is 15.9 Å². The highest BCUT2D eigenvalue weighted by Gasteiger charge is 2.30. The predicted molar refractivity (Wildman–Crippen MR) is 109 cm³/mol. The summed E-state index contributed by atoms with van der Waals surface area (Å²) >= 11 is 3.33. The van der Waals surface area contributed by atoms with Crippen molar-refractivity contribution in [3.8, 4) is 0 Å². The van der Waals surface area contributed by atoms with Crippen LogP contribution in [0, 0.1) is 5.92 Å². The lowest BCUT2D eigenvalue weighted by atomic mass is 9.98. The fraction of sp³-hybridized carbons (Fsp3) is 0.474. The largest absolute Gasteiger partial charge is 0.481 e. The van der Waals surface area contributed by atoms with Gasteiger partial charge < -0.3 is 26.5 Å². The van der Waals surface area contributed by atoms with E-state index in [9.17, 15) is 14.7 Å². The minimum absolute atomic E-state index is 0.287. The van der Waals surface area contributed by atoms with E-state index >= 15 is 0 Å². The summed E-state index contributed by atoms with van der Waals surface area (Å²) in [7, 11) is 1.93. The van der Waals surface area contributed by atoms with Crippen molar-refractivity contribution in [3.05, 3.63) is 36.0 Å². The molecular weight excluding hydrogens is 412 g/mol. The minimum Gasteiger partial charge on any atom is -0.481 e. The molecule has 1 aromatic heterocycles. The maximum atomic E-state index is 12.2. The number of hydrogen-bond acceptors (Lipinski definition) is 4. The third-order valence-electron chi connectivity index (χ3n) is 4.68. The van der Waals surface area contributed by atoms with Gasteiger partial charge in [-0.15, -0.1) is 0 Å². The molecule has 0 saturated carbocycles. The predicted octanol–water partition coefficient (Wildman–Crippen LogP) is 1.72. The van der Waals surface area contributed by atoms with E-state index in [1.54, 1.807) is 0 Å². The Hall–Kier alpha value is -1.90. The number of hydrogen-bond donors (Lipinski definition) is 4. The Morgan fingerprint density at radius 3 is 2.67 bits per heavy atom. The third kappa shape index (κ3) is 5.54. The summed E-state index contributed by atoms with van der Waals surface area (Å²) in [5, 5.41) is 13.4. The number of halogens is 1. The van der Waals surface area contributed by atoms with Crippen LogP contribution in [0.3, 0.4) is 0 Å². The van der Waals surface area contributed by atoms with E-state index in [1.807, 2.05) is 42.1 Å². The van der Waals surface area contributed by atoms with E-state index in [-0.39, 0.29) is 12.3 Å². The monoisotopic (exact) mass is 438 g/mol. The smallest absolute Gasteiger partial charge is 0.309 e. The molecule has 0 saturated heterocycles. The van der Waals surface area contributed by atoms with Crippen LogP contribution in [0.4, 0.5) is 0 Å². The lowest BCUT2D eigenvalue weighted by Gasteiger charge is -2.22. The molecule has 0 bridgehead atoms. The van der Waals surface area contributed by atoms with Crippen LogP contribution in [0.25, 0.3) is 10.9 Å². The first-order chi connectivity index (χ1) is 12.8. The lowest BCUT2D eigenvalue weighted by Crippen LogP contribution is -2.47. The van der Waals surface area contributed by atoms with Crippen molar-refractivity contribution >= 4 is 38.7 Å². The Morgan fingerprint density at radius 1 is 1.30 bits per heavy atom. The number of unbranched alkanes of at least 4 members (excludes halogenated alkanes) is 1. The number of amides is 1. The van der Waals surface area contributed by atoms with Gasteiger partial charge in [0.2, 0.25) is 5.91 Å². The molecule has 0 unspecified atom stereocenters. The highest BCUT2D eigenvalue weighted by atomic mass is 79.9. The van der Waals surface area contributed by atoms with Crippen molar-refractivity contribution in [2.45, 2.75) is 36.7 Å². The van der Waals surface area contributed by atoms with Crippen molar-refractivity contribution < 1.29 is 14.7 Å². The van der Waals surface area contributed by atoms with E-state index in [2.05, 4.69) is 21.2 Å². The Morgan fingerprint density at radius 2 is 2.00 bits per heavy atom. The number of rotatable bonds is 10. The first-order valence-electron chi connectivity index (χ1n) is 9.01. The maximum absolute atomic E-state index is 12.2. The molecule has 27 heavy (non-hydrogen) atoms. The van der Waals surface area contributed by atoms with Crippen LogP contribution in [-0.2, 0) is 23.1 Å². The topological polar surface area (TPSA) is 123 Å². The standard InChI is InChI=1S/C19H27BrN4O3/c1-24-11-12(13-6-2-3-8-16(13)24)10-14(19(26)27)17(20)23-18(25)15(22)7-4-5-9-21/h2-3,6,8,11,14-15,17H,4-5,7,9-10,21-22H2,1H3,(H,23,25)(H,26,27)/t14-,15-,17-/m0/s1.